The molecule has 0 aliphatic rings. The molecule has 0 spiro atoms. The van der Waals surface area contributed by atoms with Crippen molar-refractivity contribution >= 4 is 11.8 Å². The lowest BCUT2D eigenvalue weighted by atomic mass is 10.1. The maximum Gasteiger partial charge on any atom is 0.416 e. The maximum absolute atomic E-state index is 12.3. The summed E-state index contributed by atoms with van der Waals surface area (Å²) in [6.07, 6.45) is -0.316. The number of unbranched alkanes of at least 4 members (excludes halogenated alkanes) is 1. The van der Waals surface area contributed by atoms with Crippen LogP contribution in [-0.4, -0.2) is 5.75 Å². The summed E-state index contributed by atoms with van der Waals surface area (Å²) in [7, 11) is 0. The molecule has 1 rings (SSSR count). The molecule has 0 atom stereocenters. The SMILES string of the molecule is C=CCCCSCc1ccc(C(F)(F)F)cc1. The number of hydrogen-bond acceptors (Lipinski definition) is 1. The highest BCUT2D eigenvalue weighted by molar-refractivity contribution is 7.98. The van der Waals surface area contributed by atoms with Crippen LogP contribution in [0.3, 0.4) is 0 Å². The fourth-order valence-electron chi connectivity index (χ4n) is 1.31. The average Bonchev–Trinajstić information content (AvgIpc) is 2.28. The van der Waals surface area contributed by atoms with E-state index in [0.29, 0.717) is 0 Å². The molecule has 0 aliphatic heterocycles. The van der Waals surface area contributed by atoms with Crippen molar-refractivity contribution in [2.45, 2.75) is 24.8 Å². The zero-order chi connectivity index (χ0) is 12.7. The molecule has 0 bridgehead atoms. The van der Waals surface area contributed by atoms with Crippen molar-refractivity contribution in [3.8, 4) is 0 Å². The molecule has 0 heterocycles. The van der Waals surface area contributed by atoms with Gasteiger partial charge in [0, 0.05) is 5.75 Å². The summed E-state index contributed by atoms with van der Waals surface area (Å²) in [5.41, 5.74) is 0.347. The van der Waals surface area contributed by atoms with Crippen molar-refractivity contribution in [2.24, 2.45) is 0 Å². The van der Waals surface area contributed by atoms with E-state index in [1.165, 1.54) is 0 Å². The van der Waals surface area contributed by atoms with Gasteiger partial charge in [-0.1, -0.05) is 18.2 Å². The topological polar surface area (TPSA) is 0 Å². The van der Waals surface area contributed by atoms with E-state index in [1.54, 1.807) is 23.9 Å². The largest absolute Gasteiger partial charge is 0.416 e. The smallest absolute Gasteiger partial charge is 0.166 e. The molecule has 1 aromatic rings. The number of allylic oxidation sites excluding steroid dienone is 1. The molecule has 0 unspecified atom stereocenters. The molecule has 4 heteroatoms. The van der Waals surface area contributed by atoms with Crippen LogP contribution in [0.5, 0.6) is 0 Å². The van der Waals surface area contributed by atoms with Gasteiger partial charge in [-0.15, -0.1) is 6.58 Å². The van der Waals surface area contributed by atoms with Crippen LogP contribution in [-0.2, 0) is 11.9 Å². The first kappa shape index (κ1) is 14.2. The Labute approximate surface area is 104 Å². The van der Waals surface area contributed by atoms with Gasteiger partial charge in [0.25, 0.3) is 0 Å². The van der Waals surface area contributed by atoms with Crippen LogP contribution in [0.25, 0.3) is 0 Å². The number of thioether (sulfide) groups is 1. The summed E-state index contributed by atoms with van der Waals surface area (Å²) in [5.74, 6) is 1.77. The molecule has 0 saturated carbocycles. The third-order valence-corrected chi connectivity index (χ3v) is 3.36. The van der Waals surface area contributed by atoms with E-state index in [2.05, 4.69) is 6.58 Å². The van der Waals surface area contributed by atoms with Crippen LogP contribution in [0, 0.1) is 0 Å². The van der Waals surface area contributed by atoms with Crippen molar-refractivity contribution in [3.63, 3.8) is 0 Å². The molecule has 0 amide bonds. The van der Waals surface area contributed by atoms with E-state index in [0.717, 1.165) is 42.0 Å². The Morgan fingerprint density at radius 2 is 1.82 bits per heavy atom. The van der Waals surface area contributed by atoms with Gasteiger partial charge in [-0.05, 0) is 36.3 Å². The second-order valence-corrected chi connectivity index (χ2v) is 4.78. The summed E-state index contributed by atoms with van der Waals surface area (Å²) in [6, 6.07) is 5.37. The minimum atomic E-state index is -4.24. The van der Waals surface area contributed by atoms with Crippen LogP contribution in [0.4, 0.5) is 13.2 Å². The summed E-state index contributed by atoms with van der Waals surface area (Å²) in [5, 5.41) is 0. The number of rotatable bonds is 6. The Kier molecular flexibility index (Phi) is 5.62. The molecule has 0 nitrogen and oxygen atoms in total. The molecule has 0 radical (unpaired) electrons. The minimum Gasteiger partial charge on any atom is -0.166 e. The van der Waals surface area contributed by atoms with Gasteiger partial charge < -0.3 is 0 Å². The van der Waals surface area contributed by atoms with E-state index in [4.69, 9.17) is 0 Å². The van der Waals surface area contributed by atoms with E-state index in [1.807, 2.05) is 6.08 Å². The molecule has 0 N–H and O–H groups in total. The summed E-state index contributed by atoms with van der Waals surface area (Å²) in [4.78, 5) is 0. The first-order valence-electron chi connectivity index (χ1n) is 5.39. The molecule has 1 aromatic carbocycles. The van der Waals surface area contributed by atoms with Gasteiger partial charge in [0.15, 0.2) is 0 Å². The molecular weight excluding hydrogens is 245 g/mol. The molecule has 0 saturated heterocycles. The lowest BCUT2D eigenvalue weighted by molar-refractivity contribution is -0.137. The fraction of sp³-hybridized carbons (Fsp3) is 0.385. The van der Waals surface area contributed by atoms with Gasteiger partial charge in [-0.3, -0.25) is 0 Å². The second-order valence-electron chi connectivity index (χ2n) is 3.68. The minimum absolute atomic E-state index is 0.585. The zero-order valence-corrected chi connectivity index (χ0v) is 10.3. The number of alkyl halides is 3. The highest BCUT2D eigenvalue weighted by Crippen LogP contribution is 2.29. The highest BCUT2D eigenvalue weighted by atomic mass is 32.2. The van der Waals surface area contributed by atoms with Gasteiger partial charge in [-0.25, -0.2) is 0 Å². The zero-order valence-electron chi connectivity index (χ0n) is 9.46. The Hall–Kier alpha value is -0.900. The number of benzene rings is 1. The van der Waals surface area contributed by atoms with Gasteiger partial charge >= 0.3 is 6.18 Å². The molecule has 94 valence electrons. The van der Waals surface area contributed by atoms with Crippen LogP contribution >= 0.6 is 11.8 Å². The van der Waals surface area contributed by atoms with Gasteiger partial charge in [0.2, 0.25) is 0 Å². The Morgan fingerprint density at radius 1 is 1.18 bits per heavy atom. The molecular formula is C13H15F3S. The summed E-state index contributed by atoms with van der Waals surface area (Å²) < 4.78 is 36.9. The lowest BCUT2D eigenvalue weighted by Crippen LogP contribution is -2.04. The third-order valence-electron chi connectivity index (χ3n) is 2.25. The second kappa shape index (κ2) is 6.74. The van der Waals surface area contributed by atoms with E-state index in [-0.39, 0.29) is 0 Å². The number of hydrogen-bond donors (Lipinski definition) is 0. The van der Waals surface area contributed by atoms with Gasteiger partial charge in [0.1, 0.15) is 0 Å². The monoisotopic (exact) mass is 260 g/mol. The van der Waals surface area contributed by atoms with Crippen molar-refractivity contribution in [1.29, 1.82) is 0 Å². The Bertz CT molecular complexity index is 341. The Morgan fingerprint density at radius 3 is 2.35 bits per heavy atom. The summed E-state index contributed by atoms with van der Waals surface area (Å²) in [6.45, 7) is 3.63. The maximum atomic E-state index is 12.3. The molecule has 17 heavy (non-hydrogen) atoms. The van der Waals surface area contributed by atoms with Crippen LogP contribution in [0.1, 0.15) is 24.0 Å². The first-order chi connectivity index (χ1) is 8.04. The number of halogens is 3. The molecule has 0 aliphatic carbocycles. The molecule has 0 aromatic heterocycles. The lowest BCUT2D eigenvalue weighted by Gasteiger charge is -2.07. The van der Waals surface area contributed by atoms with E-state index >= 15 is 0 Å². The predicted octanol–water partition coefficient (Wildman–Crippen LogP) is 4.90. The molecule has 0 fully saturated rings. The fourth-order valence-corrected chi connectivity index (χ4v) is 2.25. The quantitative estimate of drug-likeness (QED) is 0.517. The highest BCUT2D eigenvalue weighted by Gasteiger charge is 2.29. The van der Waals surface area contributed by atoms with Crippen LogP contribution in [0.2, 0.25) is 0 Å². The van der Waals surface area contributed by atoms with Crippen LogP contribution < -0.4 is 0 Å². The van der Waals surface area contributed by atoms with Gasteiger partial charge in [0.05, 0.1) is 5.56 Å². The normalized spacial score (nSPS) is 11.5. The van der Waals surface area contributed by atoms with Crippen molar-refractivity contribution in [1.82, 2.24) is 0 Å². The standard InChI is InChI=1S/C13H15F3S/c1-2-3-4-9-17-10-11-5-7-12(8-6-11)13(14,15)16/h2,5-8H,1,3-4,9-10H2. The van der Waals surface area contributed by atoms with Crippen LogP contribution in [0.15, 0.2) is 36.9 Å². The predicted molar refractivity (Wildman–Crippen MR) is 67.0 cm³/mol. The Balaban J connectivity index is 2.38. The first-order valence-corrected chi connectivity index (χ1v) is 6.54. The third kappa shape index (κ3) is 5.31. The summed E-state index contributed by atoms with van der Waals surface area (Å²) >= 11 is 1.73. The van der Waals surface area contributed by atoms with Crippen molar-refractivity contribution < 1.29 is 13.2 Å². The van der Waals surface area contributed by atoms with Crippen molar-refractivity contribution in [3.05, 3.63) is 48.0 Å². The van der Waals surface area contributed by atoms with E-state index in [9.17, 15) is 13.2 Å². The van der Waals surface area contributed by atoms with Gasteiger partial charge in [-0.2, -0.15) is 24.9 Å². The van der Waals surface area contributed by atoms with E-state index < -0.39 is 11.7 Å². The van der Waals surface area contributed by atoms with Crippen molar-refractivity contribution in [2.75, 3.05) is 5.75 Å². The average molecular weight is 260 g/mol.